The van der Waals surface area contributed by atoms with Crippen molar-refractivity contribution in [3.8, 4) is 16.9 Å². The molecule has 0 atom stereocenters. The van der Waals surface area contributed by atoms with E-state index in [2.05, 4.69) is 39.0 Å². The lowest BCUT2D eigenvalue weighted by Crippen LogP contribution is -2.08. The van der Waals surface area contributed by atoms with Crippen molar-refractivity contribution >= 4 is 27.8 Å². The number of aromatic nitrogens is 3. The van der Waals surface area contributed by atoms with E-state index in [1.54, 1.807) is 17.6 Å². The lowest BCUT2D eigenvalue weighted by molar-refractivity contribution is 0.884. The van der Waals surface area contributed by atoms with Crippen molar-refractivity contribution in [1.29, 1.82) is 0 Å². The van der Waals surface area contributed by atoms with Gasteiger partial charge in [0.15, 0.2) is 0 Å². The first kappa shape index (κ1) is 18.3. The Morgan fingerprint density at radius 2 is 1.57 bits per heavy atom. The third-order valence-corrected chi connectivity index (χ3v) is 5.97. The van der Waals surface area contributed by atoms with E-state index in [0.29, 0.717) is 0 Å². The van der Waals surface area contributed by atoms with Crippen molar-refractivity contribution in [2.24, 2.45) is 17.3 Å². The van der Waals surface area contributed by atoms with Gasteiger partial charge in [0.1, 0.15) is 5.69 Å². The maximum absolute atomic E-state index is 4.81. The maximum Gasteiger partial charge on any atom is 0.211 e. The van der Waals surface area contributed by atoms with Gasteiger partial charge in [-0.3, -0.25) is 0 Å². The van der Waals surface area contributed by atoms with Crippen LogP contribution in [0.4, 0.5) is 0 Å². The van der Waals surface area contributed by atoms with Crippen LogP contribution < -0.4 is 4.80 Å². The van der Waals surface area contributed by atoms with Crippen molar-refractivity contribution in [3.63, 3.8) is 0 Å². The number of rotatable bonds is 4. The molecule has 0 spiro atoms. The van der Waals surface area contributed by atoms with Crippen molar-refractivity contribution < 1.29 is 0 Å². The maximum atomic E-state index is 4.81. The van der Waals surface area contributed by atoms with E-state index in [4.69, 9.17) is 5.10 Å². The van der Waals surface area contributed by atoms with Gasteiger partial charge in [-0.2, -0.15) is 10.2 Å². The Bertz CT molecular complexity index is 1390. The highest BCUT2D eigenvalue weighted by Gasteiger charge is 2.10. The van der Waals surface area contributed by atoms with E-state index >= 15 is 0 Å². The number of fused-ring (bicyclic) bond motifs is 1. The zero-order chi connectivity index (χ0) is 20.3. The summed E-state index contributed by atoms with van der Waals surface area (Å²) >= 11 is 1.62. The Morgan fingerprint density at radius 3 is 2.33 bits per heavy atom. The second-order valence-corrected chi connectivity index (χ2v) is 7.84. The summed E-state index contributed by atoms with van der Waals surface area (Å²) in [4.78, 5) is 0.851. The predicted octanol–water partition coefficient (Wildman–Crippen LogP) is 5.03. The van der Waals surface area contributed by atoms with Gasteiger partial charge in [0.2, 0.25) is 4.80 Å². The highest BCUT2D eigenvalue weighted by molar-refractivity contribution is 7.16. The summed E-state index contributed by atoms with van der Waals surface area (Å²) in [5.74, 6) is 0. The van der Waals surface area contributed by atoms with Gasteiger partial charge in [-0.25, -0.2) is 4.68 Å². The number of benzene rings is 3. The molecule has 0 saturated carbocycles. The molecule has 3 aromatic carbocycles. The largest absolute Gasteiger partial charge is 0.318 e. The Labute approximate surface area is 177 Å². The predicted molar refractivity (Wildman–Crippen MR) is 123 cm³/mol. The number of thiazole rings is 1. The third-order valence-electron chi connectivity index (χ3n) is 4.87. The molecule has 0 aliphatic heterocycles. The molecule has 2 aromatic heterocycles. The molecule has 0 N–H and O–H groups in total. The quantitative estimate of drug-likeness (QED) is 0.303. The number of hydrogen-bond acceptors (Lipinski definition) is 4. The van der Waals surface area contributed by atoms with E-state index < -0.39 is 0 Å². The topological polar surface area (TPSA) is 47.5 Å². The molecule has 0 amide bonds. The van der Waals surface area contributed by atoms with Gasteiger partial charge in [-0.1, -0.05) is 72.0 Å². The highest BCUT2D eigenvalue weighted by Crippen LogP contribution is 2.22. The van der Waals surface area contributed by atoms with Crippen LogP contribution in [0.25, 0.3) is 27.2 Å². The number of hydrogen-bond donors (Lipinski definition) is 0. The molecule has 2 heterocycles. The lowest BCUT2D eigenvalue weighted by atomic mass is 10.1. The summed E-state index contributed by atoms with van der Waals surface area (Å²) in [5.41, 5.74) is 4.98. The van der Waals surface area contributed by atoms with E-state index in [1.165, 1.54) is 4.70 Å². The summed E-state index contributed by atoms with van der Waals surface area (Å²) < 4.78 is 5.13. The van der Waals surface area contributed by atoms with Crippen LogP contribution in [-0.2, 0) is 7.05 Å². The third kappa shape index (κ3) is 3.49. The van der Waals surface area contributed by atoms with Gasteiger partial charge in [-0.05, 0) is 24.3 Å². The minimum Gasteiger partial charge on any atom is -0.318 e. The van der Waals surface area contributed by atoms with Crippen molar-refractivity contribution in [2.45, 2.75) is 0 Å². The molecule has 0 fully saturated rings. The SMILES string of the molecule is Cn1c(=NN=Cc2cn(-c3ccccc3)nc2-c2ccccc2)sc2ccccc21. The molecule has 0 bridgehead atoms. The summed E-state index contributed by atoms with van der Waals surface area (Å²) in [6.07, 6.45) is 3.76. The Kier molecular flexibility index (Phi) is 4.83. The Hall–Kier alpha value is -3.77. The van der Waals surface area contributed by atoms with Crippen LogP contribution in [0.5, 0.6) is 0 Å². The number of nitrogens with zero attached hydrogens (tertiary/aromatic N) is 5. The summed E-state index contributed by atoms with van der Waals surface area (Å²) in [7, 11) is 2.01. The van der Waals surface area contributed by atoms with Gasteiger partial charge in [0.25, 0.3) is 0 Å². The molecule has 0 saturated heterocycles. The van der Waals surface area contributed by atoms with Crippen molar-refractivity contribution in [1.82, 2.24) is 14.3 Å². The molecule has 0 aliphatic rings. The Morgan fingerprint density at radius 1 is 0.867 bits per heavy atom. The molecular weight excluding hydrogens is 390 g/mol. The molecule has 0 unspecified atom stereocenters. The Balaban J connectivity index is 1.57. The zero-order valence-corrected chi connectivity index (χ0v) is 17.2. The van der Waals surface area contributed by atoms with Gasteiger partial charge >= 0.3 is 0 Å². The summed E-state index contributed by atoms with van der Waals surface area (Å²) in [6, 6.07) is 28.5. The monoisotopic (exact) mass is 409 g/mol. The van der Waals surface area contributed by atoms with E-state index in [1.807, 2.05) is 78.6 Å². The van der Waals surface area contributed by atoms with Crippen LogP contribution in [0.1, 0.15) is 5.56 Å². The number of para-hydroxylation sites is 2. The molecule has 6 heteroatoms. The van der Waals surface area contributed by atoms with E-state index in [-0.39, 0.29) is 0 Å². The molecule has 5 nitrogen and oxygen atoms in total. The highest BCUT2D eigenvalue weighted by atomic mass is 32.1. The van der Waals surface area contributed by atoms with Crippen LogP contribution >= 0.6 is 11.3 Å². The second-order valence-electron chi connectivity index (χ2n) is 6.84. The van der Waals surface area contributed by atoms with E-state index in [0.717, 1.165) is 32.8 Å². The molecular formula is C24H19N5S. The van der Waals surface area contributed by atoms with Crippen LogP contribution in [0.3, 0.4) is 0 Å². The van der Waals surface area contributed by atoms with Gasteiger partial charge in [-0.15, -0.1) is 5.10 Å². The minimum atomic E-state index is 0.851. The second kappa shape index (κ2) is 7.93. The van der Waals surface area contributed by atoms with Crippen LogP contribution in [0, 0.1) is 0 Å². The fraction of sp³-hybridized carbons (Fsp3) is 0.0417. The molecule has 5 rings (SSSR count). The van der Waals surface area contributed by atoms with Crippen LogP contribution in [-0.4, -0.2) is 20.6 Å². The first-order chi connectivity index (χ1) is 14.8. The smallest absolute Gasteiger partial charge is 0.211 e. The van der Waals surface area contributed by atoms with Crippen molar-refractivity contribution in [3.05, 3.63) is 101 Å². The molecule has 30 heavy (non-hydrogen) atoms. The zero-order valence-electron chi connectivity index (χ0n) is 16.4. The van der Waals surface area contributed by atoms with Crippen LogP contribution in [0.2, 0.25) is 0 Å². The molecule has 146 valence electrons. The van der Waals surface area contributed by atoms with Crippen LogP contribution in [0.15, 0.2) is 101 Å². The molecule has 0 aliphatic carbocycles. The lowest BCUT2D eigenvalue weighted by Gasteiger charge is -2.00. The first-order valence-corrected chi connectivity index (χ1v) is 10.4. The molecule has 0 radical (unpaired) electrons. The van der Waals surface area contributed by atoms with Crippen molar-refractivity contribution in [2.75, 3.05) is 0 Å². The fourth-order valence-electron chi connectivity index (χ4n) is 3.33. The standard InChI is InChI=1S/C24H19N5S/c1-28-21-14-8-9-15-22(21)30-24(28)26-25-16-19-17-29(20-12-6-3-7-13-20)27-23(19)18-10-4-2-5-11-18/h2-17H,1H3. The average molecular weight is 410 g/mol. The fourth-order valence-corrected chi connectivity index (χ4v) is 4.31. The summed E-state index contributed by atoms with van der Waals surface area (Å²) in [6.45, 7) is 0. The molecule has 5 aromatic rings. The minimum absolute atomic E-state index is 0.851. The number of aryl methyl sites for hydroxylation is 1. The van der Waals surface area contributed by atoms with Gasteiger partial charge in [0.05, 0.1) is 22.1 Å². The average Bonchev–Trinajstić information content (AvgIpc) is 3.37. The first-order valence-electron chi connectivity index (χ1n) is 9.62. The normalized spacial score (nSPS) is 12.2. The summed E-state index contributed by atoms with van der Waals surface area (Å²) in [5, 5.41) is 13.7. The van der Waals surface area contributed by atoms with Gasteiger partial charge in [0, 0.05) is 24.4 Å². The van der Waals surface area contributed by atoms with E-state index in [9.17, 15) is 0 Å². The van der Waals surface area contributed by atoms with Gasteiger partial charge < -0.3 is 4.57 Å².